The largest absolute Gasteiger partial charge is 0.497 e. The fraction of sp³-hybridized carbons (Fsp3) is 0.316. The molecular formula is C19H22N4O3S2. The Balaban J connectivity index is 1.50. The first kappa shape index (κ1) is 20.4. The molecule has 0 spiro atoms. The number of nitrogens with zero attached hydrogens (tertiary/aromatic N) is 3. The van der Waals surface area contributed by atoms with Gasteiger partial charge in [-0.25, -0.2) is 0 Å². The highest BCUT2D eigenvalue weighted by Gasteiger charge is 2.17. The Kier molecular flexibility index (Phi) is 7.07. The van der Waals surface area contributed by atoms with Crippen molar-refractivity contribution in [2.75, 3.05) is 33.5 Å². The minimum Gasteiger partial charge on any atom is -0.497 e. The zero-order valence-corrected chi connectivity index (χ0v) is 17.5. The van der Waals surface area contributed by atoms with Gasteiger partial charge in [-0.1, -0.05) is 17.8 Å². The molecule has 2 aromatic heterocycles. The van der Waals surface area contributed by atoms with Crippen LogP contribution in [0.15, 0.2) is 51.4 Å². The third-order valence-electron chi connectivity index (χ3n) is 4.06. The van der Waals surface area contributed by atoms with E-state index in [9.17, 15) is 4.79 Å². The highest BCUT2D eigenvalue weighted by Crippen LogP contribution is 2.25. The van der Waals surface area contributed by atoms with Crippen LogP contribution in [0.1, 0.15) is 10.9 Å². The predicted octanol–water partition coefficient (Wildman–Crippen LogP) is 3.32. The molecule has 148 valence electrons. The lowest BCUT2D eigenvalue weighted by atomic mass is 10.2. The third-order valence-corrected chi connectivity index (χ3v) is 5.85. The van der Waals surface area contributed by atoms with Crippen LogP contribution in [0.5, 0.6) is 5.75 Å². The number of nitrogens with one attached hydrogen (secondary N) is 1. The lowest BCUT2D eigenvalue weighted by Gasteiger charge is -2.23. The number of methoxy groups -OCH3 is 1. The number of hydrogen-bond donors (Lipinski definition) is 1. The van der Waals surface area contributed by atoms with Gasteiger partial charge in [-0.15, -0.1) is 21.5 Å². The van der Waals surface area contributed by atoms with Crippen LogP contribution in [0.3, 0.4) is 0 Å². The lowest BCUT2D eigenvalue weighted by molar-refractivity contribution is -0.118. The normalized spacial score (nSPS) is 12.1. The quantitative estimate of drug-likeness (QED) is 0.534. The van der Waals surface area contributed by atoms with Crippen molar-refractivity contribution in [3.05, 3.63) is 46.7 Å². The Morgan fingerprint density at radius 3 is 2.71 bits per heavy atom. The molecule has 0 aliphatic carbocycles. The van der Waals surface area contributed by atoms with E-state index in [1.54, 1.807) is 18.4 Å². The van der Waals surface area contributed by atoms with E-state index in [-0.39, 0.29) is 17.7 Å². The molecule has 1 amide bonds. The van der Waals surface area contributed by atoms with E-state index < -0.39 is 0 Å². The van der Waals surface area contributed by atoms with E-state index >= 15 is 0 Å². The van der Waals surface area contributed by atoms with Crippen molar-refractivity contribution in [1.82, 2.24) is 20.4 Å². The smallest absolute Gasteiger partial charge is 0.277 e. The second-order valence-corrected chi connectivity index (χ2v) is 8.10. The van der Waals surface area contributed by atoms with Gasteiger partial charge in [0, 0.05) is 17.0 Å². The number of benzene rings is 1. The van der Waals surface area contributed by atoms with E-state index in [0.717, 1.165) is 11.3 Å². The van der Waals surface area contributed by atoms with E-state index in [4.69, 9.17) is 9.15 Å². The lowest BCUT2D eigenvalue weighted by Crippen LogP contribution is -2.35. The molecule has 0 saturated heterocycles. The monoisotopic (exact) mass is 418 g/mol. The van der Waals surface area contributed by atoms with Crippen molar-refractivity contribution in [1.29, 1.82) is 0 Å². The molecule has 1 N–H and O–H groups in total. The van der Waals surface area contributed by atoms with Crippen LogP contribution < -0.4 is 10.1 Å². The van der Waals surface area contributed by atoms with Crippen molar-refractivity contribution < 1.29 is 13.9 Å². The van der Waals surface area contributed by atoms with Gasteiger partial charge in [0.2, 0.25) is 11.8 Å². The molecule has 0 saturated carbocycles. The van der Waals surface area contributed by atoms with Crippen molar-refractivity contribution >= 4 is 29.0 Å². The molecule has 3 aromatic rings. The van der Waals surface area contributed by atoms with Gasteiger partial charge in [0.25, 0.3) is 5.22 Å². The van der Waals surface area contributed by atoms with Gasteiger partial charge in [0.1, 0.15) is 5.75 Å². The number of hydrogen-bond acceptors (Lipinski definition) is 8. The van der Waals surface area contributed by atoms with Gasteiger partial charge in [0.15, 0.2) is 0 Å². The fourth-order valence-corrected chi connectivity index (χ4v) is 4.04. The molecule has 0 fully saturated rings. The van der Waals surface area contributed by atoms with Crippen molar-refractivity contribution in [2.24, 2.45) is 0 Å². The first-order valence-electron chi connectivity index (χ1n) is 8.64. The third kappa shape index (κ3) is 5.34. The van der Waals surface area contributed by atoms with Gasteiger partial charge >= 0.3 is 0 Å². The van der Waals surface area contributed by atoms with Gasteiger partial charge in [-0.05, 0) is 49.8 Å². The molecule has 7 nitrogen and oxygen atoms in total. The summed E-state index contributed by atoms with van der Waals surface area (Å²) in [6.45, 7) is 0.549. The summed E-state index contributed by atoms with van der Waals surface area (Å²) in [5.74, 6) is 1.32. The number of thiophene rings is 1. The molecule has 28 heavy (non-hydrogen) atoms. The summed E-state index contributed by atoms with van der Waals surface area (Å²) in [5, 5.41) is 13.4. The van der Waals surface area contributed by atoms with Crippen molar-refractivity contribution in [3.8, 4) is 17.2 Å². The second-order valence-electron chi connectivity index (χ2n) is 6.19. The molecule has 9 heteroatoms. The Bertz CT molecular complexity index is 879. The van der Waals surface area contributed by atoms with Crippen LogP contribution >= 0.6 is 23.1 Å². The van der Waals surface area contributed by atoms with E-state index in [1.165, 1.54) is 16.6 Å². The minimum absolute atomic E-state index is 0.0717. The number of likely N-dealkylation sites (N-methyl/N-ethyl adjacent to an activating group) is 1. The van der Waals surface area contributed by atoms with E-state index in [2.05, 4.69) is 26.5 Å². The summed E-state index contributed by atoms with van der Waals surface area (Å²) in [6, 6.07) is 11.6. The van der Waals surface area contributed by atoms with E-state index in [0.29, 0.717) is 17.7 Å². The van der Waals surface area contributed by atoms with Crippen LogP contribution in [-0.2, 0) is 4.79 Å². The number of amides is 1. The summed E-state index contributed by atoms with van der Waals surface area (Å²) >= 11 is 2.91. The molecule has 2 heterocycles. The molecule has 3 rings (SSSR count). The minimum atomic E-state index is -0.0717. The summed E-state index contributed by atoms with van der Waals surface area (Å²) in [6.07, 6.45) is 0. The van der Waals surface area contributed by atoms with Crippen molar-refractivity contribution in [2.45, 2.75) is 11.3 Å². The molecule has 0 bridgehead atoms. The van der Waals surface area contributed by atoms with Crippen LogP contribution in [0.4, 0.5) is 0 Å². The number of thioether (sulfide) groups is 1. The van der Waals surface area contributed by atoms with Gasteiger partial charge in [-0.3, -0.25) is 4.79 Å². The fourth-order valence-electron chi connectivity index (χ4n) is 2.53. The average Bonchev–Trinajstić information content (AvgIpc) is 3.39. The Hall–Kier alpha value is -2.36. The number of rotatable bonds is 9. The molecule has 0 aliphatic heterocycles. The highest BCUT2D eigenvalue weighted by atomic mass is 32.2. The van der Waals surface area contributed by atoms with Crippen LogP contribution in [0.2, 0.25) is 0 Å². The van der Waals surface area contributed by atoms with Crippen LogP contribution in [0, 0.1) is 0 Å². The van der Waals surface area contributed by atoms with E-state index in [1.807, 2.05) is 49.8 Å². The van der Waals surface area contributed by atoms with Crippen LogP contribution in [-0.4, -0.2) is 54.5 Å². The molecule has 1 aromatic carbocycles. The predicted molar refractivity (Wildman–Crippen MR) is 111 cm³/mol. The maximum Gasteiger partial charge on any atom is 0.277 e. The number of carbonyl (C=O) groups excluding carboxylic acids is 1. The van der Waals surface area contributed by atoms with Gasteiger partial charge in [0.05, 0.1) is 18.9 Å². The Labute approximate surface area is 172 Å². The van der Waals surface area contributed by atoms with Crippen LogP contribution in [0.25, 0.3) is 11.5 Å². The number of carbonyl (C=O) groups is 1. The molecular weight excluding hydrogens is 396 g/mol. The standard InChI is InChI=1S/C19H22N4O3S2/c1-23(2)15(16-5-4-10-27-16)11-20-17(24)12-28-19-22-21-18(26-19)13-6-8-14(25-3)9-7-13/h4-10,15H,11-12H2,1-3H3,(H,20,24). The van der Waals surface area contributed by atoms with Gasteiger partial charge < -0.3 is 19.4 Å². The maximum absolute atomic E-state index is 12.2. The number of aromatic nitrogens is 2. The average molecular weight is 419 g/mol. The number of ether oxygens (including phenoxy) is 1. The molecule has 1 atom stereocenters. The molecule has 0 aliphatic rings. The zero-order chi connectivity index (χ0) is 19.9. The summed E-state index contributed by atoms with van der Waals surface area (Å²) in [5.41, 5.74) is 0.800. The summed E-state index contributed by atoms with van der Waals surface area (Å²) in [7, 11) is 5.62. The zero-order valence-electron chi connectivity index (χ0n) is 15.9. The summed E-state index contributed by atoms with van der Waals surface area (Å²) < 4.78 is 10.8. The first-order valence-corrected chi connectivity index (χ1v) is 10.5. The molecule has 1 unspecified atom stereocenters. The second kappa shape index (κ2) is 9.72. The molecule has 0 radical (unpaired) electrons. The Morgan fingerprint density at radius 2 is 2.07 bits per heavy atom. The summed E-state index contributed by atoms with van der Waals surface area (Å²) in [4.78, 5) is 15.5. The van der Waals surface area contributed by atoms with Crippen molar-refractivity contribution in [3.63, 3.8) is 0 Å². The van der Waals surface area contributed by atoms with Gasteiger partial charge in [-0.2, -0.15) is 0 Å². The topological polar surface area (TPSA) is 80.5 Å². The Morgan fingerprint density at radius 1 is 1.29 bits per heavy atom. The highest BCUT2D eigenvalue weighted by molar-refractivity contribution is 7.99. The SMILES string of the molecule is COc1ccc(-c2nnc(SCC(=O)NCC(c3cccs3)N(C)C)o2)cc1. The maximum atomic E-state index is 12.2. The first-order chi connectivity index (χ1) is 13.6.